The van der Waals surface area contributed by atoms with Crippen molar-refractivity contribution in [3.8, 4) is 0 Å². The summed E-state index contributed by atoms with van der Waals surface area (Å²) in [4.78, 5) is 44.8. The van der Waals surface area contributed by atoms with Gasteiger partial charge in [0, 0.05) is 30.1 Å². The molecule has 2 amide bonds. The summed E-state index contributed by atoms with van der Waals surface area (Å²) in [6.45, 7) is 0.999. The number of aliphatic carboxylic acids is 1. The van der Waals surface area contributed by atoms with Crippen LogP contribution in [0.2, 0.25) is 0 Å². The van der Waals surface area contributed by atoms with Crippen LogP contribution in [0.3, 0.4) is 0 Å². The summed E-state index contributed by atoms with van der Waals surface area (Å²) in [5.41, 5.74) is 12.4. The van der Waals surface area contributed by atoms with Crippen molar-refractivity contribution >= 4 is 34.6 Å². The van der Waals surface area contributed by atoms with Crippen LogP contribution in [0.15, 0.2) is 35.5 Å². The number of nitrogens with one attached hydrogen (secondary N) is 4. The molecule has 0 spiro atoms. The van der Waals surface area contributed by atoms with Gasteiger partial charge in [0.05, 0.1) is 6.04 Å². The van der Waals surface area contributed by atoms with Crippen LogP contribution < -0.4 is 27.4 Å². The van der Waals surface area contributed by atoms with Crippen molar-refractivity contribution in [3.05, 3.63) is 36.0 Å². The molecule has 3 rings (SSSR count). The number of aromatic nitrogens is 1. The number of aliphatic imine (C=N–C) groups is 1. The third-order valence-corrected chi connectivity index (χ3v) is 5.92. The topological polar surface area (TPSA) is 188 Å². The number of carboxylic acid groups (broad SMARTS) is 1. The van der Waals surface area contributed by atoms with E-state index >= 15 is 0 Å². The molecule has 1 aromatic carbocycles. The Morgan fingerprint density at radius 1 is 1.15 bits per heavy atom. The number of carboxylic acids is 1. The lowest BCUT2D eigenvalue weighted by atomic mass is 10.0. The Labute approximate surface area is 197 Å². The van der Waals surface area contributed by atoms with E-state index in [-0.39, 0.29) is 37.3 Å². The van der Waals surface area contributed by atoms with Crippen molar-refractivity contribution in [2.75, 3.05) is 13.1 Å². The lowest BCUT2D eigenvalue weighted by molar-refractivity contribution is -0.142. The van der Waals surface area contributed by atoms with Crippen LogP contribution in [0.5, 0.6) is 0 Å². The SMILES string of the molecule is NC(N)=NCCC[C@H](NC(=O)[C@H](Cc1c[nH]c2ccccc12)NC(=O)[C@@H]1CCCCN1)C(=O)O. The normalized spacial score (nSPS) is 17.5. The molecule has 2 aromatic rings. The predicted octanol–water partition coefficient (Wildman–Crippen LogP) is -0.0397. The molecule has 34 heavy (non-hydrogen) atoms. The number of piperidine rings is 1. The fraction of sp³-hybridized carbons (Fsp3) is 0.478. The monoisotopic (exact) mass is 471 g/mol. The second-order valence-corrected chi connectivity index (χ2v) is 8.48. The van der Waals surface area contributed by atoms with Gasteiger partial charge in [0.2, 0.25) is 11.8 Å². The maximum Gasteiger partial charge on any atom is 0.326 e. The first-order chi connectivity index (χ1) is 16.3. The first-order valence-corrected chi connectivity index (χ1v) is 11.5. The lowest BCUT2D eigenvalue weighted by Crippen LogP contribution is -2.56. The Morgan fingerprint density at radius 3 is 2.65 bits per heavy atom. The summed E-state index contributed by atoms with van der Waals surface area (Å²) in [5, 5.41) is 19.1. The first kappa shape index (κ1) is 25.0. The maximum absolute atomic E-state index is 13.2. The number of amides is 2. The fourth-order valence-electron chi connectivity index (χ4n) is 4.11. The van der Waals surface area contributed by atoms with Gasteiger partial charge in [0.25, 0.3) is 0 Å². The van der Waals surface area contributed by atoms with Gasteiger partial charge in [-0.05, 0) is 43.9 Å². The smallest absolute Gasteiger partial charge is 0.326 e. The molecule has 0 aliphatic carbocycles. The van der Waals surface area contributed by atoms with Crippen molar-refractivity contribution in [1.29, 1.82) is 0 Å². The summed E-state index contributed by atoms with van der Waals surface area (Å²) < 4.78 is 0. The highest BCUT2D eigenvalue weighted by molar-refractivity contribution is 5.93. The molecule has 1 aliphatic rings. The fourth-order valence-corrected chi connectivity index (χ4v) is 4.11. The summed E-state index contributed by atoms with van der Waals surface area (Å²) in [7, 11) is 0. The zero-order chi connectivity index (χ0) is 24.5. The summed E-state index contributed by atoms with van der Waals surface area (Å²) >= 11 is 0. The number of aromatic amines is 1. The Hall–Kier alpha value is -3.60. The molecule has 0 saturated carbocycles. The van der Waals surface area contributed by atoms with Crippen molar-refractivity contribution in [2.45, 2.75) is 56.7 Å². The quantitative estimate of drug-likeness (QED) is 0.136. The van der Waals surface area contributed by atoms with Gasteiger partial charge in [-0.15, -0.1) is 0 Å². The van der Waals surface area contributed by atoms with Crippen LogP contribution in [0.4, 0.5) is 0 Å². The molecule has 1 saturated heterocycles. The maximum atomic E-state index is 13.2. The highest BCUT2D eigenvalue weighted by Crippen LogP contribution is 2.19. The molecule has 9 N–H and O–H groups in total. The van der Waals surface area contributed by atoms with Gasteiger partial charge in [-0.3, -0.25) is 14.6 Å². The van der Waals surface area contributed by atoms with E-state index in [2.05, 4.69) is 25.9 Å². The Balaban J connectivity index is 1.73. The third-order valence-electron chi connectivity index (χ3n) is 5.92. The molecule has 11 nitrogen and oxygen atoms in total. The van der Waals surface area contributed by atoms with E-state index < -0.39 is 24.0 Å². The Kier molecular flexibility index (Phi) is 8.86. The van der Waals surface area contributed by atoms with Crippen molar-refractivity contribution < 1.29 is 19.5 Å². The van der Waals surface area contributed by atoms with Crippen molar-refractivity contribution in [3.63, 3.8) is 0 Å². The van der Waals surface area contributed by atoms with Crippen molar-refractivity contribution in [1.82, 2.24) is 20.9 Å². The van der Waals surface area contributed by atoms with Gasteiger partial charge in [-0.2, -0.15) is 0 Å². The standard InChI is InChI=1S/C23H33N7O4/c24-23(25)27-11-5-9-18(22(33)34)29-21(32)19(30-20(31)17-8-3-4-10-26-17)12-14-13-28-16-7-2-1-6-15(14)16/h1-2,6-7,13,17-19,26,28H,3-5,8-12H2,(H,29,32)(H,30,31)(H,33,34)(H4,24,25,27)/t17-,18-,19-/m0/s1. The van der Waals surface area contributed by atoms with E-state index in [1.165, 1.54) is 0 Å². The molecule has 1 fully saturated rings. The Morgan fingerprint density at radius 2 is 1.94 bits per heavy atom. The molecular weight excluding hydrogens is 438 g/mol. The predicted molar refractivity (Wildman–Crippen MR) is 129 cm³/mol. The molecule has 0 bridgehead atoms. The number of hydrogen-bond acceptors (Lipinski definition) is 5. The number of guanidine groups is 1. The minimum Gasteiger partial charge on any atom is -0.480 e. The number of fused-ring (bicyclic) bond motifs is 1. The number of H-pyrrole nitrogens is 1. The number of hydrogen-bond donors (Lipinski definition) is 7. The van der Waals surface area contributed by atoms with Crippen LogP contribution in [0.1, 0.15) is 37.7 Å². The number of rotatable bonds is 11. The minimum absolute atomic E-state index is 0.0752. The van der Waals surface area contributed by atoms with Crippen LogP contribution in [-0.4, -0.2) is 65.0 Å². The second-order valence-electron chi connectivity index (χ2n) is 8.48. The number of nitrogens with two attached hydrogens (primary N) is 2. The molecule has 1 aromatic heterocycles. The number of para-hydroxylation sites is 1. The van der Waals surface area contributed by atoms with E-state index in [1.807, 2.05) is 24.3 Å². The Bertz CT molecular complexity index is 1030. The van der Waals surface area contributed by atoms with Gasteiger partial charge in [0.15, 0.2) is 5.96 Å². The average molecular weight is 472 g/mol. The molecule has 11 heteroatoms. The molecule has 184 valence electrons. The van der Waals surface area contributed by atoms with E-state index in [1.54, 1.807) is 6.20 Å². The molecule has 1 aliphatic heterocycles. The molecule has 0 radical (unpaired) electrons. The molecular formula is C23H33N7O4. The number of benzene rings is 1. The number of carbonyl (C=O) groups excluding carboxylic acids is 2. The second kappa shape index (κ2) is 12.0. The number of carbonyl (C=O) groups is 3. The zero-order valence-electron chi connectivity index (χ0n) is 19.0. The molecule has 0 unspecified atom stereocenters. The highest BCUT2D eigenvalue weighted by Gasteiger charge is 2.30. The van der Waals surface area contributed by atoms with E-state index in [9.17, 15) is 19.5 Å². The number of nitrogens with zero attached hydrogens (tertiary/aromatic N) is 1. The third kappa shape index (κ3) is 6.95. The van der Waals surface area contributed by atoms with Crippen LogP contribution >= 0.6 is 0 Å². The first-order valence-electron chi connectivity index (χ1n) is 11.5. The highest BCUT2D eigenvalue weighted by atomic mass is 16.4. The lowest BCUT2D eigenvalue weighted by Gasteiger charge is -2.26. The largest absolute Gasteiger partial charge is 0.480 e. The van der Waals surface area contributed by atoms with E-state index in [0.717, 1.165) is 35.9 Å². The molecule has 3 atom stereocenters. The van der Waals surface area contributed by atoms with Gasteiger partial charge in [-0.1, -0.05) is 24.6 Å². The van der Waals surface area contributed by atoms with Gasteiger partial charge >= 0.3 is 5.97 Å². The summed E-state index contributed by atoms with van der Waals surface area (Å²) in [6, 6.07) is 5.23. The summed E-state index contributed by atoms with van der Waals surface area (Å²) in [5.74, 6) is -2.05. The van der Waals surface area contributed by atoms with Crippen LogP contribution in [0, 0.1) is 0 Å². The van der Waals surface area contributed by atoms with E-state index in [0.29, 0.717) is 12.8 Å². The summed E-state index contributed by atoms with van der Waals surface area (Å²) in [6.07, 6.45) is 5.17. The van der Waals surface area contributed by atoms with Gasteiger partial charge in [0.1, 0.15) is 12.1 Å². The van der Waals surface area contributed by atoms with E-state index in [4.69, 9.17) is 11.5 Å². The zero-order valence-corrected chi connectivity index (χ0v) is 19.0. The molecule has 2 heterocycles. The van der Waals surface area contributed by atoms with Gasteiger partial charge < -0.3 is 37.5 Å². The average Bonchev–Trinajstić information content (AvgIpc) is 3.23. The van der Waals surface area contributed by atoms with Crippen LogP contribution in [0.25, 0.3) is 10.9 Å². The van der Waals surface area contributed by atoms with Gasteiger partial charge in [-0.25, -0.2) is 4.79 Å². The van der Waals surface area contributed by atoms with Crippen molar-refractivity contribution in [2.24, 2.45) is 16.5 Å². The van der Waals surface area contributed by atoms with Crippen LogP contribution in [-0.2, 0) is 20.8 Å². The minimum atomic E-state index is -1.16.